The normalized spacial score (nSPS) is 11.3. The molecule has 102 valence electrons. The molecule has 0 atom stereocenters. The molecule has 0 amide bonds. The molecule has 0 fully saturated rings. The van der Waals surface area contributed by atoms with Gasteiger partial charge < -0.3 is 10.6 Å². The largest absolute Gasteiger partial charge is 0.398 e. The molecule has 0 saturated carbocycles. The minimum Gasteiger partial charge on any atom is -0.398 e. The van der Waals surface area contributed by atoms with E-state index in [0.29, 0.717) is 12.0 Å². The lowest BCUT2D eigenvalue weighted by Crippen LogP contribution is -2.37. The number of hydrogen-bond donors (Lipinski definition) is 1. The van der Waals surface area contributed by atoms with E-state index in [-0.39, 0.29) is 0 Å². The van der Waals surface area contributed by atoms with Crippen molar-refractivity contribution in [3.05, 3.63) is 23.8 Å². The van der Waals surface area contributed by atoms with Crippen LogP contribution in [-0.2, 0) is 0 Å². The van der Waals surface area contributed by atoms with Gasteiger partial charge in [-0.3, -0.25) is 0 Å². The maximum atomic E-state index is 6.05. The van der Waals surface area contributed by atoms with E-state index in [2.05, 4.69) is 51.7 Å². The summed E-state index contributed by atoms with van der Waals surface area (Å²) >= 11 is 0. The van der Waals surface area contributed by atoms with E-state index in [4.69, 9.17) is 5.73 Å². The molecule has 0 spiro atoms. The number of nitrogens with two attached hydrogens (primary N) is 1. The van der Waals surface area contributed by atoms with Gasteiger partial charge in [0.25, 0.3) is 0 Å². The SMILES string of the molecule is CCC(CC)N(CC(C)C)c1cccc(N)c1C. The Morgan fingerprint density at radius 2 is 1.78 bits per heavy atom. The van der Waals surface area contributed by atoms with Gasteiger partial charge >= 0.3 is 0 Å². The fraction of sp³-hybridized carbons (Fsp3) is 0.625. The summed E-state index contributed by atoms with van der Waals surface area (Å²) in [7, 11) is 0. The molecule has 18 heavy (non-hydrogen) atoms. The third-order valence-corrected chi connectivity index (χ3v) is 3.60. The fourth-order valence-corrected chi connectivity index (χ4v) is 2.52. The van der Waals surface area contributed by atoms with Crippen LogP contribution < -0.4 is 10.6 Å². The molecule has 0 bridgehead atoms. The predicted octanol–water partition coefficient (Wildman–Crippen LogP) is 4.23. The first-order chi connectivity index (χ1) is 8.51. The van der Waals surface area contributed by atoms with E-state index in [0.717, 1.165) is 12.2 Å². The molecular weight excluding hydrogens is 220 g/mol. The van der Waals surface area contributed by atoms with Gasteiger partial charge in [0.15, 0.2) is 0 Å². The van der Waals surface area contributed by atoms with E-state index >= 15 is 0 Å². The smallest absolute Gasteiger partial charge is 0.0419 e. The Labute approximate surface area is 112 Å². The Balaban J connectivity index is 3.12. The van der Waals surface area contributed by atoms with E-state index in [1.165, 1.54) is 24.1 Å². The zero-order chi connectivity index (χ0) is 13.7. The quantitative estimate of drug-likeness (QED) is 0.763. The lowest BCUT2D eigenvalue weighted by atomic mass is 10.0. The van der Waals surface area contributed by atoms with Crippen molar-refractivity contribution in [2.45, 2.75) is 53.5 Å². The van der Waals surface area contributed by atoms with Crippen LogP contribution in [0.2, 0.25) is 0 Å². The second kappa shape index (κ2) is 6.67. The van der Waals surface area contributed by atoms with Crippen molar-refractivity contribution in [1.82, 2.24) is 0 Å². The van der Waals surface area contributed by atoms with Crippen LogP contribution in [0.25, 0.3) is 0 Å². The fourth-order valence-electron chi connectivity index (χ4n) is 2.52. The van der Waals surface area contributed by atoms with Crippen LogP contribution in [0.3, 0.4) is 0 Å². The third-order valence-electron chi connectivity index (χ3n) is 3.60. The van der Waals surface area contributed by atoms with E-state index in [1.54, 1.807) is 0 Å². The first-order valence-electron chi connectivity index (χ1n) is 7.12. The Bertz CT molecular complexity index is 367. The molecule has 0 aliphatic heterocycles. The molecule has 1 aromatic rings. The highest BCUT2D eigenvalue weighted by Gasteiger charge is 2.19. The van der Waals surface area contributed by atoms with E-state index < -0.39 is 0 Å². The molecular formula is C16H28N2. The Morgan fingerprint density at radius 3 is 2.28 bits per heavy atom. The molecule has 0 saturated heterocycles. The van der Waals surface area contributed by atoms with Gasteiger partial charge in [0.1, 0.15) is 0 Å². The first-order valence-corrected chi connectivity index (χ1v) is 7.12. The lowest BCUT2D eigenvalue weighted by molar-refractivity contribution is 0.507. The Hall–Kier alpha value is -1.18. The van der Waals surface area contributed by atoms with Crippen LogP contribution >= 0.6 is 0 Å². The highest BCUT2D eigenvalue weighted by molar-refractivity contribution is 5.64. The topological polar surface area (TPSA) is 29.3 Å². The summed E-state index contributed by atoms with van der Waals surface area (Å²) in [5, 5.41) is 0. The molecule has 0 aliphatic carbocycles. The van der Waals surface area contributed by atoms with Gasteiger partial charge in [-0.25, -0.2) is 0 Å². The average Bonchev–Trinajstić information content (AvgIpc) is 2.32. The lowest BCUT2D eigenvalue weighted by Gasteiger charge is -2.35. The Kier molecular flexibility index (Phi) is 5.52. The van der Waals surface area contributed by atoms with Gasteiger partial charge in [-0.1, -0.05) is 33.8 Å². The van der Waals surface area contributed by atoms with Crippen LogP contribution in [0.15, 0.2) is 18.2 Å². The highest BCUT2D eigenvalue weighted by Crippen LogP contribution is 2.28. The summed E-state index contributed by atoms with van der Waals surface area (Å²) in [5.74, 6) is 0.659. The first kappa shape index (κ1) is 14.9. The van der Waals surface area contributed by atoms with Crippen molar-refractivity contribution in [1.29, 1.82) is 0 Å². The van der Waals surface area contributed by atoms with E-state index in [1.807, 2.05) is 6.07 Å². The average molecular weight is 248 g/mol. The maximum Gasteiger partial charge on any atom is 0.0419 e. The summed E-state index contributed by atoms with van der Waals surface area (Å²) in [5.41, 5.74) is 9.46. The Morgan fingerprint density at radius 1 is 1.17 bits per heavy atom. The molecule has 0 aromatic heterocycles. The molecule has 0 radical (unpaired) electrons. The van der Waals surface area contributed by atoms with Crippen molar-refractivity contribution in [2.24, 2.45) is 5.92 Å². The third kappa shape index (κ3) is 3.41. The van der Waals surface area contributed by atoms with Crippen molar-refractivity contribution in [3.8, 4) is 0 Å². The van der Waals surface area contributed by atoms with E-state index in [9.17, 15) is 0 Å². The van der Waals surface area contributed by atoms with Crippen molar-refractivity contribution in [2.75, 3.05) is 17.2 Å². The predicted molar refractivity (Wildman–Crippen MR) is 82.1 cm³/mol. The van der Waals surface area contributed by atoms with Gasteiger partial charge in [0, 0.05) is 24.0 Å². The summed E-state index contributed by atoms with van der Waals surface area (Å²) < 4.78 is 0. The van der Waals surface area contributed by atoms with Gasteiger partial charge in [-0.2, -0.15) is 0 Å². The van der Waals surface area contributed by atoms with Crippen LogP contribution in [-0.4, -0.2) is 12.6 Å². The monoisotopic (exact) mass is 248 g/mol. The molecule has 0 aliphatic rings. The molecule has 1 rings (SSSR count). The molecule has 2 nitrogen and oxygen atoms in total. The number of hydrogen-bond acceptors (Lipinski definition) is 2. The minimum absolute atomic E-state index is 0.605. The number of benzene rings is 1. The van der Waals surface area contributed by atoms with Crippen molar-refractivity contribution < 1.29 is 0 Å². The van der Waals surface area contributed by atoms with Crippen LogP contribution in [0, 0.1) is 12.8 Å². The van der Waals surface area contributed by atoms with Crippen molar-refractivity contribution in [3.63, 3.8) is 0 Å². The summed E-state index contributed by atoms with van der Waals surface area (Å²) in [6.07, 6.45) is 2.36. The number of nitrogens with zero attached hydrogens (tertiary/aromatic N) is 1. The van der Waals surface area contributed by atoms with Crippen molar-refractivity contribution >= 4 is 11.4 Å². The van der Waals surface area contributed by atoms with Gasteiger partial charge in [0.2, 0.25) is 0 Å². The second-order valence-corrected chi connectivity index (χ2v) is 5.51. The van der Waals surface area contributed by atoms with Gasteiger partial charge in [-0.15, -0.1) is 0 Å². The number of nitrogen functional groups attached to an aromatic ring is 1. The van der Waals surface area contributed by atoms with Gasteiger partial charge in [0.05, 0.1) is 0 Å². The number of anilines is 2. The van der Waals surface area contributed by atoms with Crippen LogP contribution in [0.1, 0.15) is 46.1 Å². The molecule has 0 heterocycles. The molecule has 2 N–H and O–H groups in total. The second-order valence-electron chi connectivity index (χ2n) is 5.51. The summed E-state index contributed by atoms with van der Waals surface area (Å²) in [6, 6.07) is 6.85. The summed E-state index contributed by atoms with van der Waals surface area (Å²) in [6.45, 7) is 12.3. The standard InChI is InChI=1S/C16H28N2/c1-6-14(7-2)18(11-12(3)4)16-10-8-9-15(17)13(16)5/h8-10,12,14H,6-7,11,17H2,1-5H3. The molecule has 0 unspecified atom stereocenters. The maximum absolute atomic E-state index is 6.05. The summed E-state index contributed by atoms with van der Waals surface area (Å²) in [4.78, 5) is 2.54. The van der Waals surface area contributed by atoms with Gasteiger partial charge in [-0.05, 0) is 43.4 Å². The van der Waals surface area contributed by atoms with Crippen LogP contribution in [0.4, 0.5) is 11.4 Å². The number of rotatable bonds is 6. The minimum atomic E-state index is 0.605. The molecule has 2 heteroatoms. The van der Waals surface area contributed by atoms with Crippen LogP contribution in [0.5, 0.6) is 0 Å². The zero-order valence-electron chi connectivity index (χ0n) is 12.5. The molecule has 1 aromatic carbocycles. The zero-order valence-corrected chi connectivity index (χ0v) is 12.5. The highest BCUT2D eigenvalue weighted by atomic mass is 15.2.